The predicted molar refractivity (Wildman–Crippen MR) is 73.1 cm³/mol. The van der Waals surface area contributed by atoms with Gasteiger partial charge in [-0.3, -0.25) is 4.79 Å². The highest BCUT2D eigenvalue weighted by atomic mass is 32.1. The van der Waals surface area contributed by atoms with E-state index in [4.69, 9.17) is 5.11 Å². The van der Waals surface area contributed by atoms with E-state index in [9.17, 15) is 9.59 Å². The van der Waals surface area contributed by atoms with Crippen molar-refractivity contribution in [1.82, 2.24) is 9.55 Å². The van der Waals surface area contributed by atoms with Gasteiger partial charge < -0.3 is 9.67 Å². The minimum Gasteiger partial charge on any atom is -0.477 e. The molecule has 0 atom stereocenters. The third-order valence-corrected chi connectivity index (χ3v) is 4.01. The van der Waals surface area contributed by atoms with Crippen molar-refractivity contribution in [2.24, 2.45) is 0 Å². The van der Waals surface area contributed by atoms with Gasteiger partial charge in [0.25, 0.3) is 0 Å². The number of aromatic carboxylic acids is 1. The zero-order chi connectivity index (χ0) is 14.2. The summed E-state index contributed by atoms with van der Waals surface area (Å²) in [5.74, 6) is -1.20. The summed E-state index contributed by atoms with van der Waals surface area (Å²) in [4.78, 5) is 28.1. The fraction of sp³-hybridized carbons (Fsp3) is 0.308. The molecule has 0 saturated heterocycles. The summed E-state index contributed by atoms with van der Waals surface area (Å²) in [6, 6.07) is 1.34. The van der Waals surface area contributed by atoms with Gasteiger partial charge in [0.1, 0.15) is 10.6 Å². The van der Waals surface area contributed by atoms with Gasteiger partial charge >= 0.3 is 5.97 Å². The number of rotatable bonds is 3. The zero-order valence-corrected chi connectivity index (χ0v) is 11.7. The van der Waals surface area contributed by atoms with Gasteiger partial charge in [0, 0.05) is 22.8 Å². The number of thiazole rings is 1. The second kappa shape index (κ2) is 4.97. The standard InChI is InChI=1S/C13H14N2O3S/c1-7-4-11(16)10(13(17)18)5-15(7)6-12-14-8(2)9(3)19-12/h4-5H,6H2,1-3H3,(H,17,18). The van der Waals surface area contributed by atoms with Crippen LogP contribution in [0.25, 0.3) is 0 Å². The number of carbonyl (C=O) groups is 1. The minimum absolute atomic E-state index is 0.212. The van der Waals surface area contributed by atoms with Crippen LogP contribution < -0.4 is 5.43 Å². The molecule has 2 aromatic heterocycles. The van der Waals surface area contributed by atoms with Crippen LogP contribution >= 0.6 is 11.3 Å². The first-order valence-corrected chi connectivity index (χ1v) is 6.57. The summed E-state index contributed by atoms with van der Waals surface area (Å²) in [6.07, 6.45) is 1.38. The van der Waals surface area contributed by atoms with Crippen LogP contribution in [-0.2, 0) is 6.54 Å². The molecule has 0 aliphatic rings. The Balaban J connectivity index is 2.42. The van der Waals surface area contributed by atoms with Crippen molar-refractivity contribution in [2.45, 2.75) is 27.3 Å². The maximum absolute atomic E-state index is 11.5. The highest BCUT2D eigenvalue weighted by Gasteiger charge is 2.12. The van der Waals surface area contributed by atoms with Gasteiger partial charge in [-0.15, -0.1) is 11.3 Å². The Morgan fingerprint density at radius 3 is 2.63 bits per heavy atom. The first-order valence-electron chi connectivity index (χ1n) is 5.75. The van der Waals surface area contributed by atoms with E-state index < -0.39 is 11.4 Å². The number of aryl methyl sites for hydroxylation is 3. The van der Waals surface area contributed by atoms with Crippen molar-refractivity contribution in [3.05, 3.63) is 49.3 Å². The topological polar surface area (TPSA) is 72.2 Å². The van der Waals surface area contributed by atoms with Crippen LogP contribution in [-0.4, -0.2) is 20.6 Å². The normalized spacial score (nSPS) is 10.7. The van der Waals surface area contributed by atoms with Crippen LogP contribution in [0.3, 0.4) is 0 Å². The maximum Gasteiger partial charge on any atom is 0.341 e. The summed E-state index contributed by atoms with van der Waals surface area (Å²) in [5, 5.41) is 9.87. The Morgan fingerprint density at radius 1 is 1.42 bits per heavy atom. The molecule has 0 saturated carbocycles. The molecule has 19 heavy (non-hydrogen) atoms. The molecule has 0 amide bonds. The molecule has 0 unspecified atom stereocenters. The third-order valence-electron chi connectivity index (χ3n) is 2.95. The van der Waals surface area contributed by atoms with E-state index >= 15 is 0 Å². The minimum atomic E-state index is -1.20. The first kappa shape index (κ1) is 13.5. The molecule has 0 radical (unpaired) electrons. The average molecular weight is 278 g/mol. The molecule has 0 aliphatic heterocycles. The van der Waals surface area contributed by atoms with E-state index in [2.05, 4.69) is 4.98 Å². The Labute approximate surface area is 114 Å². The SMILES string of the molecule is Cc1nc(Cn2cc(C(=O)O)c(=O)cc2C)sc1C. The summed E-state index contributed by atoms with van der Waals surface area (Å²) < 4.78 is 1.74. The number of carboxylic acids is 1. The molecule has 5 nitrogen and oxygen atoms in total. The van der Waals surface area contributed by atoms with Gasteiger partial charge in [-0.2, -0.15) is 0 Å². The second-order valence-electron chi connectivity index (χ2n) is 4.37. The number of aromatic nitrogens is 2. The van der Waals surface area contributed by atoms with Gasteiger partial charge in [0.15, 0.2) is 5.43 Å². The highest BCUT2D eigenvalue weighted by molar-refractivity contribution is 7.11. The number of nitrogens with zero attached hydrogens (tertiary/aromatic N) is 2. The molecular formula is C13H14N2O3S. The Morgan fingerprint density at radius 2 is 2.11 bits per heavy atom. The molecular weight excluding hydrogens is 264 g/mol. The number of hydrogen-bond donors (Lipinski definition) is 1. The fourth-order valence-electron chi connectivity index (χ4n) is 1.76. The third kappa shape index (κ3) is 2.73. The fourth-order valence-corrected chi connectivity index (χ4v) is 2.69. The van der Waals surface area contributed by atoms with E-state index in [0.717, 1.165) is 21.3 Å². The Hall–Kier alpha value is -1.95. The van der Waals surface area contributed by atoms with Gasteiger partial charge in [-0.05, 0) is 20.8 Å². The van der Waals surface area contributed by atoms with E-state index in [0.29, 0.717) is 6.54 Å². The van der Waals surface area contributed by atoms with Crippen LogP contribution in [0.2, 0.25) is 0 Å². The predicted octanol–water partition coefficient (Wildman–Crippen LogP) is 1.98. The van der Waals surface area contributed by atoms with Gasteiger partial charge in [-0.1, -0.05) is 0 Å². The van der Waals surface area contributed by atoms with Crippen molar-refractivity contribution < 1.29 is 9.90 Å². The molecule has 6 heteroatoms. The Kier molecular flexibility index (Phi) is 3.53. The second-order valence-corrected chi connectivity index (χ2v) is 5.66. The van der Waals surface area contributed by atoms with Gasteiger partial charge in [0.2, 0.25) is 0 Å². The molecule has 2 aromatic rings. The van der Waals surface area contributed by atoms with E-state index in [1.807, 2.05) is 13.8 Å². The summed E-state index contributed by atoms with van der Waals surface area (Å²) in [5.41, 5.74) is 1.03. The molecule has 0 bridgehead atoms. The van der Waals surface area contributed by atoms with Crippen LogP contribution in [0.1, 0.15) is 31.6 Å². The van der Waals surface area contributed by atoms with Crippen LogP contribution in [0, 0.1) is 20.8 Å². The van der Waals surface area contributed by atoms with Crippen LogP contribution in [0.15, 0.2) is 17.1 Å². The lowest BCUT2D eigenvalue weighted by molar-refractivity contribution is 0.0694. The van der Waals surface area contributed by atoms with Crippen molar-refractivity contribution in [2.75, 3.05) is 0 Å². The van der Waals surface area contributed by atoms with Crippen molar-refractivity contribution in [1.29, 1.82) is 0 Å². The molecule has 0 spiro atoms. The number of carboxylic acid groups (broad SMARTS) is 1. The Bertz CT molecular complexity index is 681. The summed E-state index contributed by atoms with van der Waals surface area (Å²) in [6.45, 7) is 6.19. The van der Waals surface area contributed by atoms with Crippen molar-refractivity contribution in [3.63, 3.8) is 0 Å². The van der Waals surface area contributed by atoms with E-state index in [1.54, 1.807) is 22.8 Å². The lowest BCUT2D eigenvalue weighted by Gasteiger charge is -2.09. The summed E-state index contributed by atoms with van der Waals surface area (Å²) in [7, 11) is 0. The molecule has 2 heterocycles. The first-order chi connectivity index (χ1) is 8.88. The van der Waals surface area contributed by atoms with Gasteiger partial charge in [0.05, 0.1) is 12.2 Å². The largest absolute Gasteiger partial charge is 0.477 e. The zero-order valence-electron chi connectivity index (χ0n) is 10.9. The number of pyridine rings is 1. The average Bonchev–Trinajstić information content (AvgIpc) is 2.61. The van der Waals surface area contributed by atoms with Gasteiger partial charge in [-0.25, -0.2) is 9.78 Å². The smallest absolute Gasteiger partial charge is 0.341 e. The molecule has 100 valence electrons. The van der Waals surface area contributed by atoms with Crippen molar-refractivity contribution in [3.8, 4) is 0 Å². The number of hydrogen-bond acceptors (Lipinski definition) is 4. The van der Waals surface area contributed by atoms with Crippen molar-refractivity contribution >= 4 is 17.3 Å². The molecule has 0 aliphatic carbocycles. The molecule has 0 fully saturated rings. The van der Waals surface area contributed by atoms with Crippen LogP contribution in [0.4, 0.5) is 0 Å². The highest BCUT2D eigenvalue weighted by Crippen LogP contribution is 2.18. The molecule has 1 N–H and O–H groups in total. The quantitative estimate of drug-likeness (QED) is 0.931. The van der Waals surface area contributed by atoms with E-state index in [1.165, 1.54) is 12.3 Å². The maximum atomic E-state index is 11.5. The van der Waals surface area contributed by atoms with E-state index in [-0.39, 0.29) is 5.56 Å². The monoisotopic (exact) mass is 278 g/mol. The summed E-state index contributed by atoms with van der Waals surface area (Å²) >= 11 is 1.58. The van der Waals surface area contributed by atoms with Crippen LogP contribution in [0.5, 0.6) is 0 Å². The lowest BCUT2D eigenvalue weighted by atomic mass is 10.2. The lowest BCUT2D eigenvalue weighted by Crippen LogP contribution is -2.19. The molecule has 2 rings (SSSR count). The molecule has 0 aromatic carbocycles.